The summed E-state index contributed by atoms with van der Waals surface area (Å²) in [6.45, 7) is 2.31. The van der Waals surface area contributed by atoms with E-state index < -0.39 is 0 Å². The van der Waals surface area contributed by atoms with Crippen molar-refractivity contribution in [2.75, 3.05) is 20.0 Å². The van der Waals surface area contributed by atoms with Crippen LogP contribution in [0, 0.1) is 12.3 Å². The number of ether oxygens (including phenoxy) is 2. The summed E-state index contributed by atoms with van der Waals surface area (Å²) in [5.74, 6) is 4.54. The van der Waals surface area contributed by atoms with Crippen molar-refractivity contribution in [1.82, 2.24) is 4.57 Å². The van der Waals surface area contributed by atoms with Crippen LogP contribution in [0.5, 0.6) is 11.5 Å². The van der Waals surface area contributed by atoms with Gasteiger partial charge in [0.05, 0.1) is 26.3 Å². The molecule has 0 unspecified atom stereocenters. The van der Waals surface area contributed by atoms with Crippen LogP contribution in [0.15, 0.2) is 46.3 Å². The molecule has 0 aliphatic rings. The predicted octanol–water partition coefficient (Wildman–Crippen LogP) is 4.21. The van der Waals surface area contributed by atoms with Gasteiger partial charge in [-0.15, -0.1) is 18.2 Å². The van der Waals surface area contributed by atoms with Gasteiger partial charge in [-0.25, -0.2) is 0 Å². The number of fused-ring (bicyclic) bond motifs is 1. The van der Waals surface area contributed by atoms with E-state index in [0.29, 0.717) is 21.9 Å². The first-order valence-electron chi connectivity index (χ1n) is 8.63. The zero-order valence-corrected chi connectivity index (χ0v) is 17.5. The van der Waals surface area contributed by atoms with Crippen LogP contribution in [0.1, 0.15) is 17.3 Å². The van der Waals surface area contributed by atoms with Crippen molar-refractivity contribution in [1.29, 1.82) is 0 Å². The summed E-state index contributed by atoms with van der Waals surface area (Å²) < 4.78 is 13.6. The first-order valence-corrected chi connectivity index (χ1v) is 10.4. The molecular weight excluding hydrogens is 392 g/mol. The van der Waals surface area contributed by atoms with Gasteiger partial charge in [-0.1, -0.05) is 36.3 Å². The Kier molecular flexibility index (Phi) is 6.45. The van der Waals surface area contributed by atoms with E-state index in [1.54, 1.807) is 32.0 Å². The van der Waals surface area contributed by atoms with Gasteiger partial charge >= 0.3 is 0 Å². The third-order valence-electron chi connectivity index (χ3n) is 4.06. The maximum atomic E-state index is 13.0. The van der Waals surface area contributed by atoms with E-state index in [-0.39, 0.29) is 12.5 Å². The monoisotopic (exact) mass is 412 g/mol. The van der Waals surface area contributed by atoms with Crippen LogP contribution in [-0.2, 0) is 6.54 Å². The normalized spacial score (nSPS) is 11.4. The molecule has 0 saturated heterocycles. The number of amides is 1. The number of rotatable bonds is 6. The highest BCUT2D eigenvalue weighted by Crippen LogP contribution is 2.35. The minimum absolute atomic E-state index is 0.265. The molecule has 0 spiro atoms. The molecule has 5 nitrogen and oxygen atoms in total. The summed E-state index contributed by atoms with van der Waals surface area (Å²) >= 11 is 2.97. The van der Waals surface area contributed by atoms with E-state index in [0.717, 1.165) is 20.9 Å². The number of hydrogen-bond acceptors (Lipinski definition) is 5. The molecule has 7 heteroatoms. The topological polar surface area (TPSA) is 52.8 Å². The molecule has 0 aliphatic heterocycles. The fourth-order valence-electron chi connectivity index (χ4n) is 2.85. The standard InChI is InChI=1S/C21H20N2O3S2/c1-5-13-23-18-15(25-3)11-12-16(26-4)19(18)28-21(23)22-20(24)14-9-7-8-10-17(14)27-6-2/h1,7-12H,6,13H2,2-4H3. The molecule has 0 bridgehead atoms. The first kappa shape index (κ1) is 20.1. The summed E-state index contributed by atoms with van der Waals surface area (Å²) in [4.78, 5) is 18.8. The molecule has 144 valence electrons. The second-order valence-electron chi connectivity index (χ2n) is 5.67. The van der Waals surface area contributed by atoms with Crippen LogP contribution < -0.4 is 14.3 Å². The quantitative estimate of drug-likeness (QED) is 0.450. The van der Waals surface area contributed by atoms with Crippen LogP contribution in [-0.4, -0.2) is 30.4 Å². The Morgan fingerprint density at radius 2 is 1.93 bits per heavy atom. The molecule has 3 aromatic rings. The van der Waals surface area contributed by atoms with Crippen molar-refractivity contribution in [3.63, 3.8) is 0 Å². The molecular formula is C21H20N2O3S2. The second-order valence-corrected chi connectivity index (χ2v) is 7.95. The van der Waals surface area contributed by atoms with Crippen LogP contribution in [0.4, 0.5) is 0 Å². The van der Waals surface area contributed by atoms with Crippen LogP contribution in [0.3, 0.4) is 0 Å². The minimum atomic E-state index is -0.299. The zero-order chi connectivity index (χ0) is 20.1. The van der Waals surface area contributed by atoms with Crippen molar-refractivity contribution in [3.05, 3.63) is 46.8 Å². The zero-order valence-electron chi connectivity index (χ0n) is 15.9. The summed E-state index contributed by atoms with van der Waals surface area (Å²) in [5, 5.41) is 0. The van der Waals surface area contributed by atoms with Crippen LogP contribution in [0.2, 0.25) is 0 Å². The SMILES string of the molecule is C#CCn1c(=NC(=O)c2ccccc2SCC)sc2c(OC)ccc(OC)c21. The summed E-state index contributed by atoms with van der Waals surface area (Å²) in [5.41, 5.74) is 1.35. The molecule has 0 aliphatic carbocycles. The maximum Gasteiger partial charge on any atom is 0.280 e. The number of carbonyl (C=O) groups excluding carboxylic acids is 1. The van der Waals surface area contributed by atoms with Crippen molar-refractivity contribution >= 4 is 39.2 Å². The van der Waals surface area contributed by atoms with Gasteiger partial charge in [0.1, 0.15) is 21.7 Å². The summed E-state index contributed by atoms with van der Waals surface area (Å²) in [6.07, 6.45) is 5.58. The van der Waals surface area contributed by atoms with E-state index in [2.05, 4.69) is 17.8 Å². The molecule has 1 aromatic heterocycles. The van der Waals surface area contributed by atoms with E-state index in [9.17, 15) is 4.79 Å². The number of aromatic nitrogens is 1. The van der Waals surface area contributed by atoms with Crippen molar-refractivity contribution in [3.8, 4) is 23.8 Å². The number of hydrogen-bond donors (Lipinski definition) is 0. The average molecular weight is 413 g/mol. The minimum Gasteiger partial charge on any atom is -0.495 e. The molecule has 0 fully saturated rings. The lowest BCUT2D eigenvalue weighted by Crippen LogP contribution is -2.17. The summed E-state index contributed by atoms with van der Waals surface area (Å²) in [7, 11) is 3.20. The third-order valence-corrected chi connectivity index (χ3v) is 6.10. The van der Waals surface area contributed by atoms with E-state index in [1.165, 1.54) is 11.3 Å². The fraction of sp³-hybridized carbons (Fsp3) is 0.238. The highest BCUT2D eigenvalue weighted by Gasteiger charge is 2.17. The van der Waals surface area contributed by atoms with E-state index >= 15 is 0 Å². The number of nitrogens with zero attached hydrogens (tertiary/aromatic N) is 2. The molecule has 1 heterocycles. The Labute approximate surface area is 172 Å². The van der Waals surface area contributed by atoms with Gasteiger partial charge in [0.25, 0.3) is 5.91 Å². The molecule has 3 rings (SSSR count). The lowest BCUT2D eigenvalue weighted by molar-refractivity contribution is 0.0995. The van der Waals surface area contributed by atoms with Gasteiger partial charge in [-0.05, 0) is 30.0 Å². The molecule has 0 radical (unpaired) electrons. The molecule has 28 heavy (non-hydrogen) atoms. The summed E-state index contributed by atoms with van der Waals surface area (Å²) in [6, 6.07) is 11.1. The van der Waals surface area contributed by atoms with E-state index in [4.69, 9.17) is 15.9 Å². The highest BCUT2D eigenvalue weighted by molar-refractivity contribution is 7.99. The van der Waals surface area contributed by atoms with Gasteiger partial charge in [-0.2, -0.15) is 4.99 Å². The van der Waals surface area contributed by atoms with Gasteiger partial charge < -0.3 is 14.0 Å². The number of thiazole rings is 1. The Hall–Kier alpha value is -2.69. The smallest absolute Gasteiger partial charge is 0.280 e. The van der Waals surface area contributed by atoms with Gasteiger partial charge in [0.2, 0.25) is 0 Å². The number of thioether (sulfide) groups is 1. The van der Waals surface area contributed by atoms with Crippen molar-refractivity contribution < 1.29 is 14.3 Å². The van der Waals surface area contributed by atoms with Crippen molar-refractivity contribution in [2.45, 2.75) is 18.4 Å². The third kappa shape index (κ3) is 3.79. The number of benzene rings is 2. The maximum absolute atomic E-state index is 13.0. The van der Waals surface area contributed by atoms with Crippen LogP contribution >= 0.6 is 23.1 Å². The molecule has 2 aromatic carbocycles. The Morgan fingerprint density at radius 1 is 1.21 bits per heavy atom. The first-order chi connectivity index (χ1) is 13.6. The lowest BCUT2D eigenvalue weighted by Gasteiger charge is -2.08. The van der Waals surface area contributed by atoms with Crippen molar-refractivity contribution in [2.24, 2.45) is 4.99 Å². The number of terminal acetylenes is 1. The van der Waals surface area contributed by atoms with E-state index in [1.807, 2.05) is 34.9 Å². The highest BCUT2D eigenvalue weighted by atomic mass is 32.2. The predicted molar refractivity (Wildman–Crippen MR) is 114 cm³/mol. The fourth-order valence-corrected chi connectivity index (χ4v) is 4.78. The lowest BCUT2D eigenvalue weighted by atomic mass is 10.2. The Morgan fingerprint density at radius 3 is 2.61 bits per heavy atom. The Bertz CT molecular complexity index is 1120. The molecule has 0 N–H and O–H groups in total. The second kappa shape index (κ2) is 9.00. The molecule has 0 atom stereocenters. The largest absolute Gasteiger partial charge is 0.495 e. The number of carbonyl (C=O) groups is 1. The van der Waals surface area contributed by atoms with Crippen LogP contribution in [0.25, 0.3) is 10.2 Å². The Balaban J connectivity index is 2.24. The molecule has 0 saturated carbocycles. The van der Waals surface area contributed by atoms with Gasteiger partial charge in [0.15, 0.2) is 4.80 Å². The number of methoxy groups -OCH3 is 2. The van der Waals surface area contributed by atoms with Gasteiger partial charge in [-0.3, -0.25) is 4.79 Å². The average Bonchev–Trinajstić information content (AvgIpc) is 3.06. The van der Waals surface area contributed by atoms with Gasteiger partial charge in [0, 0.05) is 4.90 Å². The molecule has 1 amide bonds.